The summed E-state index contributed by atoms with van der Waals surface area (Å²) in [6, 6.07) is 8.88. The van der Waals surface area contributed by atoms with Crippen molar-refractivity contribution in [3.63, 3.8) is 0 Å². The van der Waals surface area contributed by atoms with E-state index in [2.05, 4.69) is 24.0 Å². The van der Waals surface area contributed by atoms with E-state index >= 15 is 0 Å². The van der Waals surface area contributed by atoms with Crippen molar-refractivity contribution in [2.75, 3.05) is 11.4 Å². The summed E-state index contributed by atoms with van der Waals surface area (Å²) >= 11 is 0. The molecule has 0 radical (unpaired) electrons. The third-order valence-electron chi connectivity index (χ3n) is 3.42. The van der Waals surface area contributed by atoms with Crippen LogP contribution in [-0.4, -0.2) is 23.7 Å². The molecule has 1 aromatic rings. The molecule has 1 fully saturated rings. The maximum Gasteiger partial charge on any atom is 0.303 e. The summed E-state index contributed by atoms with van der Waals surface area (Å²) < 4.78 is 0. The second-order valence-corrected chi connectivity index (χ2v) is 4.75. The molecule has 3 nitrogen and oxygen atoms in total. The van der Waals surface area contributed by atoms with Crippen LogP contribution in [0.25, 0.3) is 0 Å². The first-order valence-corrected chi connectivity index (χ1v) is 6.24. The second-order valence-electron chi connectivity index (χ2n) is 4.75. The Labute approximate surface area is 102 Å². The first-order valence-electron chi connectivity index (χ1n) is 6.24. The Morgan fingerprint density at radius 2 is 2.35 bits per heavy atom. The minimum atomic E-state index is -0.732. The average Bonchev–Trinajstić information content (AvgIpc) is 2.73. The highest BCUT2D eigenvalue weighted by Gasteiger charge is 2.20. The highest BCUT2D eigenvalue weighted by Crippen LogP contribution is 2.26. The van der Waals surface area contributed by atoms with Crippen molar-refractivity contribution >= 4 is 11.7 Å². The van der Waals surface area contributed by atoms with Crippen LogP contribution in [0.15, 0.2) is 24.3 Å². The van der Waals surface area contributed by atoms with E-state index < -0.39 is 5.97 Å². The molecule has 1 atom stereocenters. The molecule has 1 saturated heterocycles. The van der Waals surface area contributed by atoms with Gasteiger partial charge in [0.25, 0.3) is 0 Å². The Kier molecular flexibility index (Phi) is 3.67. The summed E-state index contributed by atoms with van der Waals surface area (Å²) in [5, 5.41) is 8.69. The molecule has 1 N–H and O–H groups in total. The number of carbonyl (C=O) groups is 1. The Balaban J connectivity index is 2.08. The van der Waals surface area contributed by atoms with E-state index in [0.717, 1.165) is 12.1 Å². The number of nitrogens with zero attached hydrogens (tertiary/aromatic N) is 1. The van der Waals surface area contributed by atoms with E-state index in [1.54, 1.807) is 0 Å². The molecule has 2 rings (SSSR count). The van der Waals surface area contributed by atoms with Crippen molar-refractivity contribution in [2.24, 2.45) is 0 Å². The summed E-state index contributed by atoms with van der Waals surface area (Å²) in [6.07, 6.45) is 3.32. The van der Waals surface area contributed by atoms with Crippen molar-refractivity contribution in [1.29, 1.82) is 0 Å². The highest BCUT2D eigenvalue weighted by atomic mass is 16.4. The maximum atomic E-state index is 10.6. The molecule has 0 bridgehead atoms. The third kappa shape index (κ3) is 2.99. The van der Waals surface area contributed by atoms with Crippen LogP contribution in [0, 0.1) is 0 Å². The van der Waals surface area contributed by atoms with Crippen LogP contribution in [0.1, 0.15) is 31.7 Å². The molecule has 92 valence electrons. The van der Waals surface area contributed by atoms with Gasteiger partial charge in [-0.3, -0.25) is 4.79 Å². The van der Waals surface area contributed by atoms with Gasteiger partial charge in [0.1, 0.15) is 0 Å². The number of carboxylic acids is 1. The molecule has 1 heterocycles. The summed E-state index contributed by atoms with van der Waals surface area (Å²) in [4.78, 5) is 13.0. The number of hydrogen-bond donors (Lipinski definition) is 1. The predicted molar refractivity (Wildman–Crippen MR) is 68.4 cm³/mol. The molecule has 1 unspecified atom stereocenters. The van der Waals surface area contributed by atoms with E-state index in [4.69, 9.17) is 5.11 Å². The van der Waals surface area contributed by atoms with Gasteiger partial charge in [0.2, 0.25) is 0 Å². The van der Waals surface area contributed by atoms with Gasteiger partial charge >= 0.3 is 5.97 Å². The zero-order valence-corrected chi connectivity index (χ0v) is 10.2. The standard InChI is InChI=1S/C14H19NO2/c1-11-4-3-9-15(11)13-6-2-5-12(10-13)7-8-14(16)17/h2,5-6,10-11H,3-4,7-9H2,1H3,(H,16,17). The molecule has 0 saturated carbocycles. The van der Waals surface area contributed by atoms with Crippen LogP contribution < -0.4 is 4.90 Å². The first kappa shape index (κ1) is 12.0. The molecule has 0 aromatic heterocycles. The van der Waals surface area contributed by atoms with Gasteiger partial charge in [-0.15, -0.1) is 0 Å². The van der Waals surface area contributed by atoms with Gasteiger partial charge < -0.3 is 10.0 Å². The number of aryl methyl sites for hydroxylation is 1. The monoisotopic (exact) mass is 233 g/mol. The fraction of sp³-hybridized carbons (Fsp3) is 0.500. The highest BCUT2D eigenvalue weighted by molar-refractivity contribution is 5.67. The summed E-state index contributed by atoms with van der Waals surface area (Å²) in [6.45, 7) is 3.36. The molecule has 1 aromatic carbocycles. The van der Waals surface area contributed by atoms with Crippen LogP contribution in [-0.2, 0) is 11.2 Å². The largest absolute Gasteiger partial charge is 0.481 e. The molecule has 0 amide bonds. The molecule has 0 spiro atoms. The van der Waals surface area contributed by atoms with Gasteiger partial charge in [0.05, 0.1) is 0 Å². The van der Waals surface area contributed by atoms with Gasteiger partial charge in [-0.2, -0.15) is 0 Å². The van der Waals surface area contributed by atoms with Crippen LogP contribution >= 0.6 is 0 Å². The van der Waals surface area contributed by atoms with Gasteiger partial charge in [-0.1, -0.05) is 12.1 Å². The fourth-order valence-electron chi connectivity index (χ4n) is 2.46. The molecule has 1 aliphatic heterocycles. The minimum absolute atomic E-state index is 0.207. The average molecular weight is 233 g/mol. The normalized spacial score (nSPS) is 19.6. The maximum absolute atomic E-state index is 10.6. The second kappa shape index (κ2) is 5.21. The number of hydrogen-bond acceptors (Lipinski definition) is 2. The lowest BCUT2D eigenvalue weighted by atomic mass is 10.1. The summed E-state index contributed by atoms with van der Waals surface area (Å²) in [5.74, 6) is -0.732. The predicted octanol–water partition coefficient (Wildman–Crippen LogP) is 2.69. The van der Waals surface area contributed by atoms with Crippen LogP contribution in [0.4, 0.5) is 5.69 Å². The van der Waals surface area contributed by atoms with Crippen molar-refractivity contribution < 1.29 is 9.90 Å². The lowest BCUT2D eigenvalue weighted by molar-refractivity contribution is -0.136. The Morgan fingerprint density at radius 3 is 3.00 bits per heavy atom. The van der Waals surface area contributed by atoms with Crippen molar-refractivity contribution in [3.8, 4) is 0 Å². The number of aliphatic carboxylic acids is 1. The quantitative estimate of drug-likeness (QED) is 0.869. The van der Waals surface area contributed by atoms with E-state index in [9.17, 15) is 4.79 Å². The van der Waals surface area contributed by atoms with Crippen LogP contribution in [0.2, 0.25) is 0 Å². The number of carboxylic acid groups (broad SMARTS) is 1. The van der Waals surface area contributed by atoms with E-state index in [1.807, 2.05) is 12.1 Å². The smallest absolute Gasteiger partial charge is 0.303 e. The summed E-state index contributed by atoms with van der Waals surface area (Å²) in [5.41, 5.74) is 2.35. The molecule has 3 heteroatoms. The van der Waals surface area contributed by atoms with E-state index in [-0.39, 0.29) is 6.42 Å². The van der Waals surface area contributed by atoms with Crippen LogP contribution in [0.5, 0.6) is 0 Å². The molecular formula is C14H19NO2. The number of rotatable bonds is 4. The fourth-order valence-corrected chi connectivity index (χ4v) is 2.46. The SMILES string of the molecule is CC1CCCN1c1cccc(CCC(=O)O)c1. The van der Waals surface area contributed by atoms with Crippen molar-refractivity contribution in [3.05, 3.63) is 29.8 Å². The van der Waals surface area contributed by atoms with E-state index in [0.29, 0.717) is 12.5 Å². The van der Waals surface area contributed by atoms with Gasteiger partial charge in [0, 0.05) is 24.7 Å². The topological polar surface area (TPSA) is 40.5 Å². The lowest BCUT2D eigenvalue weighted by Gasteiger charge is -2.24. The van der Waals surface area contributed by atoms with Crippen LogP contribution in [0.3, 0.4) is 0 Å². The first-order chi connectivity index (χ1) is 8.16. The lowest BCUT2D eigenvalue weighted by Crippen LogP contribution is -2.26. The Bertz CT molecular complexity index is 403. The summed E-state index contributed by atoms with van der Waals surface area (Å²) in [7, 11) is 0. The molecular weight excluding hydrogens is 214 g/mol. The minimum Gasteiger partial charge on any atom is -0.481 e. The van der Waals surface area contributed by atoms with Gasteiger partial charge in [0.15, 0.2) is 0 Å². The molecule has 0 aliphatic carbocycles. The van der Waals surface area contributed by atoms with Crippen molar-refractivity contribution in [2.45, 2.75) is 38.6 Å². The molecule has 17 heavy (non-hydrogen) atoms. The van der Waals surface area contributed by atoms with Gasteiger partial charge in [-0.05, 0) is 43.9 Å². The number of anilines is 1. The van der Waals surface area contributed by atoms with Gasteiger partial charge in [-0.25, -0.2) is 0 Å². The Morgan fingerprint density at radius 1 is 1.53 bits per heavy atom. The number of benzene rings is 1. The zero-order chi connectivity index (χ0) is 12.3. The van der Waals surface area contributed by atoms with Crippen molar-refractivity contribution in [1.82, 2.24) is 0 Å². The zero-order valence-electron chi connectivity index (χ0n) is 10.2. The Hall–Kier alpha value is -1.51. The molecule has 1 aliphatic rings. The van der Waals surface area contributed by atoms with E-state index in [1.165, 1.54) is 18.5 Å². The third-order valence-corrected chi connectivity index (χ3v) is 3.42.